The fourth-order valence-corrected chi connectivity index (χ4v) is 2.65. The molecule has 5 nitrogen and oxygen atoms in total. The van der Waals surface area contributed by atoms with Gasteiger partial charge in [0.05, 0.1) is 11.4 Å². The molecule has 2 aromatic rings. The van der Waals surface area contributed by atoms with Crippen LogP contribution in [0.2, 0.25) is 0 Å². The van der Waals surface area contributed by atoms with Crippen LogP contribution in [0.3, 0.4) is 0 Å². The Bertz CT molecular complexity index is 778. The van der Waals surface area contributed by atoms with E-state index in [0.717, 1.165) is 16.7 Å². The van der Waals surface area contributed by atoms with Gasteiger partial charge in [-0.2, -0.15) is 0 Å². The summed E-state index contributed by atoms with van der Waals surface area (Å²) in [6, 6.07) is 2.03. The third kappa shape index (κ3) is 1.49. The first-order valence-electron chi connectivity index (χ1n) is 6.60. The molecule has 1 N–H and O–H groups in total. The second-order valence-electron chi connectivity index (χ2n) is 5.52. The summed E-state index contributed by atoms with van der Waals surface area (Å²) < 4.78 is 2.08. The van der Waals surface area contributed by atoms with E-state index in [4.69, 9.17) is 0 Å². The number of nitrogens with zero attached hydrogens (tertiary/aromatic N) is 4. The SMILES string of the molecule is CC1(C)NC=C2C=CC(n3ccc4cncnc43)=CN21. The summed E-state index contributed by atoms with van der Waals surface area (Å²) in [6.45, 7) is 4.30. The second kappa shape index (κ2) is 3.72. The fourth-order valence-electron chi connectivity index (χ4n) is 2.65. The molecule has 0 aromatic carbocycles. The first-order valence-corrected chi connectivity index (χ1v) is 6.60. The van der Waals surface area contributed by atoms with Crippen molar-refractivity contribution in [3.63, 3.8) is 0 Å². The molecule has 5 heteroatoms. The van der Waals surface area contributed by atoms with E-state index in [1.54, 1.807) is 6.33 Å². The topological polar surface area (TPSA) is 46.0 Å². The van der Waals surface area contributed by atoms with Gasteiger partial charge in [-0.3, -0.25) is 4.57 Å². The summed E-state index contributed by atoms with van der Waals surface area (Å²) in [7, 11) is 0. The van der Waals surface area contributed by atoms with Gasteiger partial charge in [-0.1, -0.05) is 0 Å². The van der Waals surface area contributed by atoms with Crippen LogP contribution < -0.4 is 5.32 Å². The van der Waals surface area contributed by atoms with Crippen molar-refractivity contribution in [3.8, 4) is 0 Å². The van der Waals surface area contributed by atoms with E-state index < -0.39 is 0 Å². The summed E-state index contributed by atoms with van der Waals surface area (Å²) in [5.74, 6) is 0. The predicted molar refractivity (Wildman–Crippen MR) is 78.1 cm³/mol. The third-order valence-corrected chi connectivity index (χ3v) is 3.77. The molecule has 2 aliphatic rings. The van der Waals surface area contributed by atoms with Gasteiger partial charge in [0.1, 0.15) is 17.6 Å². The van der Waals surface area contributed by atoms with Crippen molar-refractivity contribution in [1.29, 1.82) is 0 Å². The molecule has 0 saturated carbocycles. The molecule has 4 heterocycles. The fraction of sp³-hybridized carbons (Fsp3) is 0.200. The highest BCUT2D eigenvalue weighted by molar-refractivity contribution is 5.80. The van der Waals surface area contributed by atoms with Gasteiger partial charge < -0.3 is 10.2 Å². The minimum Gasteiger partial charge on any atom is -0.367 e. The van der Waals surface area contributed by atoms with E-state index in [-0.39, 0.29) is 5.66 Å². The van der Waals surface area contributed by atoms with E-state index in [2.05, 4.69) is 57.0 Å². The number of nitrogens with one attached hydrogen (secondary N) is 1. The standard InChI is InChI=1S/C15H15N5/c1-15(2)18-8-12-3-4-13(9-20(12)15)19-6-5-11-7-16-10-17-14(11)19/h3-10,18H,1-2H3. The maximum atomic E-state index is 4.37. The van der Waals surface area contributed by atoms with E-state index in [1.165, 1.54) is 5.70 Å². The van der Waals surface area contributed by atoms with Crippen LogP contribution in [0.15, 0.2) is 55.0 Å². The van der Waals surface area contributed by atoms with Crippen LogP contribution in [-0.2, 0) is 0 Å². The molecule has 0 unspecified atom stereocenters. The van der Waals surface area contributed by atoms with Crippen LogP contribution in [0.1, 0.15) is 13.8 Å². The van der Waals surface area contributed by atoms with Gasteiger partial charge in [-0.15, -0.1) is 0 Å². The Morgan fingerprint density at radius 2 is 2.05 bits per heavy atom. The van der Waals surface area contributed by atoms with E-state index in [0.29, 0.717) is 0 Å². The van der Waals surface area contributed by atoms with E-state index >= 15 is 0 Å². The van der Waals surface area contributed by atoms with E-state index in [1.807, 2.05) is 24.7 Å². The normalized spacial score (nSPS) is 19.6. The Morgan fingerprint density at radius 1 is 1.20 bits per heavy atom. The second-order valence-corrected chi connectivity index (χ2v) is 5.52. The van der Waals surface area contributed by atoms with Crippen molar-refractivity contribution in [2.75, 3.05) is 0 Å². The molecule has 4 rings (SSSR count). The monoisotopic (exact) mass is 265 g/mol. The lowest BCUT2D eigenvalue weighted by molar-refractivity contribution is 0.239. The summed E-state index contributed by atoms with van der Waals surface area (Å²) in [6.07, 6.45) is 13.8. The van der Waals surface area contributed by atoms with Crippen LogP contribution >= 0.6 is 0 Å². The summed E-state index contributed by atoms with van der Waals surface area (Å²) in [4.78, 5) is 10.7. The first-order chi connectivity index (χ1) is 9.65. The largest absolute Gasteiger partial charge is 0.367 e. The zero-order valence-corrected chi connectivity index (χ0v) is 11.4. The minimum atomic E-state index is -0.108. The zero-order chi connectivity index (χ0) is 13.7. The van der Waals surface area contributed by atoms with Crippen LogP contribution in [0.5, 0.6) is 0 Å². The van der Waals surface area contributed by atoms with Crippen molar-refractivity contribution < 1.29 is 0 Å². The zero-order valence-electron chi connectivity index (χ0n) is 11.4. The summed E-state index contributed by atoms with van der Waals surface area (Å²) >= 11 is 0. The number of rotatable bonds is 1. The summed E-state index contributed by atoms with van der Waals surface area (Å²) in [5.41, 5.74) is 3.08. The van der Waals surface area contributed by atoms with Gasteiger partial charge in [0, 0.05) is 30.2 Å². The van der Waals surface area contributed by atoms with Crippen LogP contribution in [0.4, 0.5) is 0 Å². The molecule has 20 heavy (non-hydrogen) atoms. The van der Waals surface area contributed by atoms with Gasteiger partial charge in [0.15, 0.2) is 0 Å². The molecule has 0 aliphatic carbocycles. The van der Waals surface area contributed by atoms with Gasteiger partial charge >= 0.3 is 0 Å². The molecule has 0 bridgehead atoms. The van der Waals surface area contributed by atoms with Crippen molar-refractivity contribution >= 4 is 16.7 Å². The Kier molecular flexibility index (Phi) is 2.10. The molecule has 0 saturated heterocycles. The summed E-state index contributed by atoms with van der Waals surface area (Å²) in [5, 5.41) is 4.42. The maximum absolute atomic E-state index is 4.37. The molecule has 2 aliphatic heterocycles. The van der Waals surface area contributed by atoms with Crippen molar-refractivity contribution in [1.82, 2.24) is 24.8 Å². The Hall–Kier alpha value is -2.56. The quantitative estimate of drug-likeness (QED) is 0.859. The number of aromatic nitrogens is 3. The van der Waals surface area contributed by atoms with Crippen LogP contribution in [0, 0.1) is 0 Å². The Labute approximate surface area is 116 Å². The molecule has 100 valence electrons. The minimum absolute atomic E-state index is 0.108. The Balaban J connectivity index is 1.84. The molecule has 0 fully saturated rings. The highest BCUT2D eigenvalue weighted by atomic mass is 15.4. The maximum Gasteiger partial charge on any atom is 0.147 e. The van der Waals surface area contributed by atoms with Gasteiger partial charge in [-0.25, -0.2) is 9.97 Å². The smallest absolute Gasteiger partial charge is 0.147 e. The molecular weight excluding hydrogens is 250 g/mol. The first kappa shape index (κ1) is 11.3. The van der Waals surface area contributed by atoms with Crippen LogP contribution in [-0.4, -0.2) is 25.1 Å². The number of allylic oxidation sites excluding steroid dienone is 3. The molecule has 0 amide bonds. The molecular formula is C15H15N5. The van der Waals surface area contributed by atoms with E-state index in [9.17, 15) is 0 Å². The molecule has 0 spiro atoms. The van der Waals surface area contributed by atoms with Gasteiger partial charge in [-0.05, 0) is 32.1 Å². The number of hydrogen-bond acceptors (Lipinski definition) is 4. The highest BCUT2D eigenvalue weighted by Crippen LogP contribution is 2.31. The molecule has 0 radical (unpaired) electrons. The lowest BCUT2D eigenvalue weighted by Gasteiger charge is -2.34. The number of fused-ring (bicyclic) bond motifs is 2. The van der Waals surface area contributed by atoms with Crippen molar-refractivity contribution in [2.45, 2.75) is 19.5 Å². The average Bonchev–Trinajstić information content (AvgIpc) is 3.00. The van der Waals surface area contributed by atoms with Crippen LogP contribution in [0.25, 0.3) is 16.7 Å². The highest BCUT2D eigenvalue weighted by Gasteiger charge is 2.32. The third-order valence-electron chi connectivity index (χ3n) is 3.77. The predicted octanol–water partition coefficient (Wildman–Crippen LogP) is 2.28. The van der Waals surface area contributed by atoms with Gasteiger partial charge in [0.25, 0.3) is 0 Å². The van der Waals surface area contributed by atoms with Crippen molar-refractivity contribution in [2.24, 2.45) is 0 Å². The molecule has 0 atom stereocenters. The number of hydrogen-bond donors (Lipinski definition) is 1. The van der Waals surface area contributed by atoms with Gasteiger partial charge in [0.2, 0.25) is 0 Å². The lowest BCUT2D eigenvalue weighted by atomic mass is 10.2. The Morgan fingerprint density at radius 3 is 2.95 bits per heavy atom. The average molecular weight is 265 g/mol. The lowest BCUT2D eigenvalue weighted by Crippen LogP contribution is -2.44. The molecule has 2 aromatic heterocycles. The van der Waals surface area contributed by atoms with Crippen molar-refractivity contribution in [3.05, 3.63) is 55.0 Å².